The monoisotopic (exact) mass is 238 g/mol. The minimum atomic E-state index is -2.47. The molecule has 0 amide bonds. The molecule has 12 heavy (non-hydrogen) atoms. The molecule has 0 radical (unpaired) electrons. The maximum absolute atomic E-state index is 5.08. The van der Waals surface area contributed by atoms with Crippen LogP contribution in [0.1, 0.15) is 0 Å². The minimum absolute atomic E-state index is 0.796. The molecule has 0 spiro atoms. The Morgan fingerprint density at radius 2 is 1.58 bits per heavy atom. The third kappa shape index (κ3) is 2.25. The van der Waals surface area contributed by atoms with E-state index < -0.39 is 6.49 Å². The van der Waals surface area contributed by atoms with E-state index in [-0.39, 0.29) is 0 Å². The largest absolute Gasteiger partial charge is 0.257 e. The zero-order valence-corrected chi connectivity index (χ0v) is 9.45. The van der Waals surface area contributed by atoms with Crippen molar-refractivity contribution in [2.24, 2.45) is 0 Å². The van der Waals surface area contributed by atoms with Crippen LogP contribution in [0.3, 0.4) is 0 Å². The Morgan fingerprint density at radius 3 is 2.00 bits per heavy atom. The fraction of sp³-hybridized carbons (Fsp3) is 0. The molecule has 0 unspecified atom stereocenters. The molecule has 0 saturated heterocycles. The molecule has 0 aliphatic rings. The lowest BCUT2D eigenvalue weighted by Gasteiger charge is -2.14. The van der Waals surface area contributed by atoms with Crippen molar-refractivity contribution >= 4 is 49.4 Å². The minimum Gasteiger partial charge on any atom is -0.257 e. The summed E-state index contributed by atoms with van der Waals surface area (Å²) >= 11 is 12.4. The predicted molar refractivity (Wildman–Crippen MR) is 60.5 cm³/mol. The topological polar surface area (TPSA) is 18.5 Å². The van der Waals surface area contributed by atoms with Crippen molar-refractivity contribution in [3.05, 3.63) is 30.3 Å². The van der Waals surface area contributed by atoms with Crippen LogP contribution < -0.4 is 5.30 Å². The van der Waals surface area contributed by atoms with Gasteiger partial charge in [-0.25, -0.2) is 0 Å². The third-order valence-electron chi connectivity index (χ3n) is 1.29. The summed E-state index contributed by atoms with van der Waals surface area (Å²) in [5.74, 6) is 0. The van der Waals surface area contributed by atoms with Gasteiger partial charge in [0.25, 0.3) is 0 Å². The average Bonchev–Trinajstić information content (AvgIpc) is 2.18. The summed E-state index contributed by atoms with van der Waals surface area (Å²) in [6.07, 6.45) is 0. The number of rotatable bonds is 3. The van der Waals surface area contributed by atoms with Crippen LogP contribution >= 0.6 is 32.3 Å². The molecular weight excluding hydrogens is 231 g/mol. The van der Waals surface area contributed by atoms with Gasteiger partial charge < -0.3 is 0 Å². The lowest BCUT2D eigenvalue weighted by atomic mass is 10.4. The molecule has 0 N–H and O–H groups in total. The molecule has 0 atom stereocenters. The molecule has 1 aromatic rings. The van der Waals surface area contributed by atoms with Crippen molar-refractivity contribution in [1.29, 1.82) is 0 Å². The molecule has 0 aliphatic heterocycles. The molecule has 0 heterocycles. The van der Waals surface area contributed by atoms with E-state index in [4.69, 9.17) is 19.7 Å². The van der Waals surface area contributed by atoms with Gasteiger partial charge in [0.1, 0.15) is 0 Å². The standard InChI is InChI=1S/C6H7O2PS3/c10-7-9(12,8-11)6-4-2-1-3-5-6/h1-5,10-11H. The van der Waals surface area contributed by atoms with Gasteiger partial charge in [0.05, 0.1) is 0 Å². The zero-order valence-electron chi connectivity index (χ0n) is 5.95. The van der Waals surface area contributed by atoms with Gasteiger partial charge in [-0.1, -0.05) is 18.2 Å². The van der Waals surface area contributed by atoms with Gasteiger partial charge in [0, 0.05) is 5.30 Å². The highest BCUT2D eigenvalue weighted by molar-refractivity contribution is 8.17. The first kappa shape index (κ1) is 10.6. The highest BCUT2D eigenvalue weighted by atomic mass is 32.5. The fourth-order valence-electron chi connectivity index (χ4n) is 0.720. The predicted octanol–water partition coefficient (Wildman–Crippen LogP) is 2.34. The molecule has 6 heteroatoms. The summed E-state index contributed by atoms with van der Waals surface area (Å²) in [6, 6.07) is 9.26. The highest BCUT2D eigenvalue weighted by Gasteiger charge is 2.19. The number of hydrogen-bond acceptors (Lipinski definition) is 5. The molecule has 0 aliphatic carbocycles. The van der Waals surface area contributed by atoms with E-state index in [0.717, 1.165) is 5.30 Å². The van der Waals surface area contributed by atoms with E-state index in [1.54, 1.807) is 0 Å². The van der Waals surface area contributed by atoms with Crippen LogP contribution in [0.4, 0.5) is 0 Å². The summed E-state index contributed by atoms with van der Waals surface area (Å²) in [6.45, 7) is -2.47. The molecule has 0 saturated carbocycles. The maximum Gasteiger partial charge on any atom is 0.241 e. The van der Waals surface area contributed by atoms with Crippen molar-refractivity contribution in [2.75, 3.05) is 0 Å². The average molecular weight is 238 g/mol. The van der Waals surface area contributed by atoms with Crippen LogP contribution in [0.15, 0.2) is 30.3 Å². The summed E-state index contributed by atoms with van der Waals surface area (Å²) in [4.78, 5) is 0. The van der Waals surface area contributed by atoms with Crippen LogP contribution in [-0.2, 0) is 19.7 Å². The second kappa shape index (κ2) is 4.65. The van der Waals surface area contributed by atoms with Gasteiger partial charge in [-0.15, -0.1) is 0 Å². The lowest BCUT2D eigenvalue weighted by molar-refractivity contribution is 0.604. The van der Waals surface area contributed by atoms with E-state index in [1.807, 2.05) is 30.3 Å². The van der Waals surface area contributed by atoms with Crippen molar-refractivity contribution in [3.63, 3.8) is 0 Å². The van der Waals surface area contributed by atoms with E-state index in [9.17, 15) is 0 Å². The quantitative estimate of drug-likeness (QED) is 0.479. The fourth-order valence-corrected chi connectivity index (χ4v) is 2.76. The Kier molecular flexibility index (Phi) is 4.10. The number of thiol groups is 2. The Labute approximate surface area is 87.7 Å². The van der Waals surface area contributed by atoms with Gasteiger partial charge in [-0.3, -0.25) is 7.94 Å². The van der Waals surface area contributed by atoms with Crippen LogP contribution in [-0.4, -0.2) is 0 Å². The van der Waals surface area contributed by atoms with Gasteiger partial charge in [-0.2, -0.15) is 0 Å². The molecule has 1 rings (SSSR count). The Hall–Kier alpha value is 0.490. The Balaban J connectivity index is 3.04. The second-order valence-electron chi connectivity index (χ2n) is 2.00. The summed E-state index contributed by atoms with van der Waals surface area (Å²) in [5.41, 5.74) is 0. The first-order chi connectivity index (χ1) is 5.73. The number of hydrogen-bond donors (Lipinski definition) is 2. The van der Waals surface area contributed by atoms with Crippen molar-refractivity contribution in [3.8, 4) is 0 Å². The summed E-state index contributed by atoms with van der Waals surface area (Å²) in [5, 5.41) is 0.796. The molecular formula is C6H7O2PS3. The van der Waals surface area contributed by atoms with E-state index in [0.29, 0.717) is 0 Å². The molecule has 0 bridgehead atoms. The molecule has 0 fully saturated rings. The molecule has 0 aromatic heterocycles. The van der Waals surface area contributed by atoms with E-state index in [1.165, 1.54) is 0 Å². The van der Waals surface area contributed by atoms with Gasteiger partial charge in [-0.05, 0) is 49.8 Å². The van der Waals surface area contributed by atoms with Crippen LogP contribution in [0, 0.1) is 0 Å². The van der Waals surface area contributed by atoms with E-state index >= 15 is 0 Å². The Bertz CT molecular complexity index is 282. The summed E-state index contributed by atoms with van der Waals surface area (Å²) in [7, 11) is 0. The van der Waals surface area contributed by atoms with Crippen LogP contribution in [0.25, 0.3) is 0 Å². The molecule has 66 valence electrons. The van der Waals surface area contributed by atoms with Crippen molar-refractivity contribution in [1.82, 2.24) is 0 Å². The lowest BCUT2D eigenvalue weighted by Crippen LogP contribution is -2.03. The van der Waals surface area contributed by atoms with E-state index in [2.05, 4.69) is 25.8 Å². The first-order valence-corrected chi connectivity index (χ1v) is 6.42. The smallest absolute Gasteiger partial charge is 0.241 e. The summed E-state index contributed by atoms with van der Waals surface area (Å²) < 4.78 is 9.59. The normalized spacial score (nSPS) is 11.5. The van der Waals surface area contributed by atoms with Crippen molar-refractivity contribution < 1.29 is 7.94 Å². The third-order valence-corrected chi connectivity index (χ3v) is 5.77. The van der Waals surface area contributed by atoms with Gasteiger partial charge in [0.15, 0.2) is 0 Å². The van der Waals surface area contributed by atoms with Gasteiger partial charge in [0.2, 0.25) is 6.49 Å². The zero-order chi connectivity index (χ0) is 9.03. The highest BCUT2D eigenvalue weighted by Crippen LogP contribution is 2.49. The molecule has 1 aromatic carbocycles. The Morgan fingerprint density at radius 1 is 1.08 bits per heavy atom. The van der Waals surface area contributed by atoms with Crippen LogP contribution in [0.5, 0.6) is 0 Å². The number of benzene rings is 1. The van der Waals surface area contributed by atoms with Gasteiger partial charge >= 0.3 is 0 Å². The van der Waals surface area contributed by atoms with Crippen molar-refractivity contribution in [2.45, 2.75) is 0 Å². The maximum atomic E-state index is 5.08. The molecule has 2 nitrogen and oxygen atoms in total. The van der Waals surface area contributed by atoms with Crippen LogP contribution in [0.2, 0.25) is 0 Å². The first-order valence-electron chi connectivity index (χ1n) is 3.05. The second-order valence-corrected chi connectivity index (χ2v) is 6.26. The SMILES string of the molecule is S=P(OS)(OS)c1ccccc1.